The lowest BCUT2D eigenvalue weighted by Gasteiger charge is -2.33. The van der Waals surface area contributed by atoms with Gasteiger partial charge in [-0.1, -0.05) is 0 Å². The van der Waals surface area contributed by atoms with E-state index in [1.54, 1.807) is 30.9 Å². The van der Waals surface area contributed by atoms with Crippen molar-refractivity contribution in [1.82, 2.24) is 29.3 Å². The zero-order valence-corrected chi connectivity index (χ0v) is 19.2. The van der Waals surface area contributed by atoms with Crippen LogP contribution in [0, 0.1) is 6.92 Å². The van der Waals surface area contributed by atoms with E-state index < -0.39 is 11.9 Å². The summed E-state index contributed by atoms with van der Waals surface area (Å²) in [5, 5.41) is 4.52. The molecule has 0 N–H and O–H groups in total. The number of morpholine rings is 1. The predicted octanol–water partition coefficient (Wildman–Crippen LogP) is 3.03. The average molecular weight is 485 g/mol. The molecule has 1 aliphatic heterocycles. The molecule has 0 radical (unpaired) electrons. The number of hydrogen-bond donors (Lipinski definition) is 0. The maximum Gasteiger partial charge on any atom is 0.433 e. The Morgan fingerprint density at radius 1 is 1.14 bits per heavy atom. The van der Waals surface area contributed by atoms with Gasteiger partial charge in [-0.2, -0.15) is 18.3 Å². The Balaban J connectivity index is 1.63. The number of alkyl halides is 3. The summed E-state index contributed by atoms with van der Waals surface area (Å²) < 4.78 is 48.2. The monoisotopic (exact) mass is 485 g/mol. The SMILES string of the molecule is Cc1nc2c(-c3ccc(C(F)(F)F)nc3)nc(N3CCO[C@@H](c4cnn(C)c4)C3)cc2c(=O)n1C. The Morgan fingerprint density at radius 2 is 1.94 bits per heavy atom. The molecule has 0 bridgehead atoms. The van der Waals surface area contributed by atoms with E-state index in [9.17, 15) is 18.0 Å². The van der Waals surface area contributed by atoms with Crippen molar-refractivity contribution in [1.29, 1.82) is 0 Å². The van der Waals surface area contributed by atoms with Crippen LogP contribution in [0.25, 0.3) is 22.2 Å². The summed E-state index contributed by atoms with van der Waals surface area (Å²) in [4.78, 5) is 28.0. The number of hydrogen-bond acceptors (Lipinski definition) is 7. The van der Waals surface area contributed by atoms with Crippen LogP contribution < -0.4 is 10.5 Å². The third kappa shape index (κ3) is 4.25. The number of nitrogens with zero attached hydrogens (tertiary/aromatic N) is 7. The summed E-state index contributed by atoms with van der Waals surface area (Å²) in [6.07, 6.45) is -0.0748. The van der Waals surface area contributed by atoms with Gasteiger partial charge in [-0.25, -0.2) is 9.97 Å². The summed E-state index contributed by atoms with van der Waals surface area (Å²) in [5.74, 6) is 0.966. The first-order valence-corrected chi connectivity index (χ1v) is 10.9. The highest BCUT2D eigenvalue weighted by Crippen LogP contribution is 2.33. The van der Waals surface area contributed by atoms with Gasteiger partial charge in [0.2, 0.25) is 0 Å². The van der Waals surface area contributed by atoms with Crippen molar-refractivity contribution in [3.05, 3.63) is 64.2 Å². The predicted molar refractivity (Wildman–Crippen MR) is 122 cm³/mol. The quantitative estimate of drug-likeness (QED) is 0.441. The number of pyridine rings is 2. The average Bonchev–Trinajstić information content (AvgIpc) is 3.28. The minimum atomic E-state index is -4.56. The van der Waals surface area contributed by atoms with Crippen LogP contribution in [-0.2, 0) is 25.0 Å². The molecule has 5 rings (SSSR count). The van der Waals surface area contributed by atoms with Crippen LogP contribution in [0.4, 0.5) is 19.0 Å². The third-order valence-corrected chi connectivity index (χ3v) is 6.09. The number of rotatable bonds is 3. The van der Waals surface area contributed by atoms with E-state index in [0.717, 1.165) is 17.8 Å². The Labute approximate surface area is 197 Å². The number of anilines is 1. The Bertz CT molecular complexity index is 1460. The second-order valence-corrected chi connectivity index (χ2v) is 8.43. The number of ether oxygens (including phenoxy) is 1. The van der Waals surface area contributed by atoms with Crippen molar-refractivity contribution in [2.24, 2.45) is 14.1 Å². The van der Waals surface area contributed by atoms with Crippen molar-refractivity contribution in [3.8, 4) is 11.3 Å². The second kappa shape index (κ2) is 8.45. The molecule has 1 fully saturated rings. The van der Waals surface area contributed by atoms with Crippen molar-refractivity contribution in [2.75, 3.05) is 24.6 Å². The van der Waals surface area contributed by atoms with Gasteiger partial charge >= 0.3 is 6.18 Å². The Morgan fingerprint density at radius 3 is 2.60 bits per heavy atom. The molecule has 35 heavy (non-hydrogen) atoms. The van der Waals surface area contributed by atoms with Crippen molar-refractivity contribution < 1.29 is 17.9 Å². The molecule has 0 amide bonds. The molecule has 4 aromatic heterocycles. The molecule has 9 nitrogen and oxygen atoms in total. The molecular formula is C23H22F3N7O2. The molecule has 1 atom stereocenters. The van der Waals surface area contributed by atoms with E-state index in [2.05, 4.69) is 15.1 Å². The summed E-state index contributed by atoms with van der Waals surface area (Å²) in [7, 11) is 3.45. The highest BCUT2D eigenvalue weighted by molar-refractivity contribution is 5.92. The fourth-order valence-electron chi connectivity index (χ4n) is 4.10. The molecule has 0 saturated carbocycles. The first-order chi connectivity index (χ1) is 16.6. The zero-order chi connectivity index (χ0) is 24.9. The van der Waals surface area contributed by atoms with Gasteiger partial charge in [0.25, 0.3) is 5.56 Å². The number of halogens is 3. The maximum absolute atomic E-state index is 13.1. The van der Waals surface area contributed by atoms with Crippen LogP contribution in [0.3, 0.4) is 0 Å². The van der Waals surface area contributed by atoms with Crippen LogP contribution in [0.5, 0.6) is 0 Å². The van der Waals surface area contributed by atoms with Gasteiger partial charge in [-0.3, -0.25) is 19.0 Å². The summed E-state index contributed by atoms with van der Waals surface area (Å²) in [6.45, 7) is 3.11. The second-order valence-electron chi connectivity index (χ2n) is 8.43. The molecule has 0 aromatic carbocycles. The molecule has 5 heterocycles. The van der Waals surface area contributed by atoms with Gasteiger partial charge < -0.3 is 9.64 Å². The molecule has 1 saturated heterocycles. The topological polar surface area (TPSA) is 91.0 Å². The molecular weight excluding hydrogens is 463 g/mol. The lowest BCUT2D eigenvalue weighted by atomic mass is 10.1. The zero-order valence-electron chi connectivity index (χ0n) is 19.2. The van der Waals surface area contributed by atoms with Crippen LogP contribution in [0.1, 0.15) is 23.2 Å². The fourth-order valence-corrected chi connectivity index (χ4v) is 4.10. The van der Waals surface area contributed by atoms with Crippen molar-refractivity contribution in [3.63, 3.8) is 0 Å². The highest BCUT2D eigenvalue weighted by atomic mass is 19.4. The van der Waals surface area contributed by atoms with Gasteiger partial charge in [0, 0.05) is 50.7 Å². The van der Waals surface area contributed by atoms with Crippen LogP contribution >= 0.6 is 0 Å². The summed E-state index contributed by atoms with van der Waals surface area (Å²) >= 11 is 0. The molecule has 182 valence electrons. The molecule has 0 spiro atoms. The normalized spacial score (nSPS) is 16.7. The fraction of sp³-hybridized carbons (Fsp3) is 0.348. The van der Waals surface area contributed by atoms with E-state index in [0.29, 0.717) is 53.5 Å². The van der Waals surface area contributed by atoms with E-state index >= 15 is 0 Å². The lowest BCUT2D eigenvalue weighted by Crippen LogP contribution is -2.39. The lowest BCUT2D eigenvalue weighted by molar-refractivity contribution is -0.141. The van der Waals surface area contributed by atoms with E-state index in [4.69, 9.17) is 9.72 Å². The van der Waals surface area contributed by atoms with E-state index in [-0.39, 0.29) is 11.7 Å². The van der Waals surface area contributed by atoms with Crippen LogP contribution in [-0.4, -0.2) is 49.0 Å². The number of aryl methyl sites for hydroxylation is 2. The summed E-state index contributed by atoms with van der Waals surface area (Å²) in [5.41, 5.74) is 0.584. The minimum absolute atomic E-state index is 0.245. The van der Waals surface area contributed by atoms with Crippen LogP contribution in [0.15, 0.2) is 41.6 Å². The first-order valence-electron chi connectivity index (χ1n) is 10.9. The minimum Gasteiger partial charge on any atom is -0.370 e. The molecule has 1 aliphatic rings. The molecule has 12 heteroatoms. The maximum atomic E-state index is 13.1. The molecule has 0 unspecified atom stereocenters. The third-order valence-electron chi connectivity index (χ3n) is 6.09. The molecule has 0 aliphatic carbocycles. The van der Waals surface area contributed by atoms with E-state index in [1.807, 2.05) is 18.1 Å². The largest absolute Gasteiger partial charge is 0.433 e. The van der Waals surface area contributed by atoms with Gasteiger partial charge in [0.1, 0.15) is 34.7 Å². The van der Waals surface area contributed by atoms with Gasteiger partial charge in [0.05, 0.1) is 18.2 Å². The van der Waals surface area contributed by atoms with Gasteiger partial charge in [-0.05, 0) is 25.1 Å². The van der Waals surface area contributed by atoms with Crippen molar-refractivity contribution in [2.45, 2.75) is 19.2 Å². The summed E-state index contributed by atoms with van der Waals surface area (Å²) in [6, 6.07) is 3.88. The first kappa shape index (κ1) is 23.0. The van der Waals surface area contributed by atoms with E-state index in [1.165, 1.54) is 10.6 Å². The Kier molecular flexibility index (Phi) is 5.55. The van der Waals surface area contributed by atoms with Gasteiger partial charge in [0.15, 0.2) is 0 Å². The smallest absolute Gasteiger partial charge is 0.370 e. The van der Waals surface area contributed by atoms with Crippen molar-refractivity contribution >= 4 is 16.7 Å². The molecule has 4 aromatic rings. The number of aromatic nitrogens is 6. The standard InChI is InChI=1S/C23H22F3N7O2/c1-13-29-21-16(22(34)32(13)3)8-19(30-20(21)14-4-5-18(27-9-14)23(24,25)26)33-6-7-35-17(12-33)15-10-28-31(2)11-15/h4-5,8-11,17H,6-7,12H2,1-3H3/t17-/m1/s1. The van der Waals surface area contributed by atoms with Crippen LogP contribution in [0.2, 0.25) is 0 Å². The van der Waals surface area contributed by atoms with Gasteiger partial charge in [-0.15, -0.1) is 0 Å². The highest BCUT2D eigenvalue weighted by Gasteiger charge is 2.32. The Hall–Kier alpha value is -3.80. The number of fused-ring (bicyclic) bond motifs is 1.